The van der Waals surface area contributed by atoms with Gasteiger partial charge in [0, 0.05) is 0 Å². The Morgan fingerprint density at radius 2 is 1.85 bits per heavy atom. The molecule has 1 saturated heterocycles. The number of rotatable bonds is 3. The summed E-state index contributed by atoms with van der Waals surface area (Å²) in [5.74, 6) is 1.91. The molecule has 4 unspecified atom stereocenters. The van der Waals surface area contributed by atoms with Gasteiger partial charge in [-0.15, -0.1) is 0 Å². The summed E-state index contributed by atoms with van der Waals surface area (Å²) in [7, 11) is 0. The lowest BCUT2D eigenvalue weighted by atomic mass is 9.69. The van der Waals surface area contributed by atoms with Crippen molar-refractivity contribution in [2.45, 2.75) is 88.8 Å². The third-order valence-electron chi connectivity index (χ3n) is 7.25. The molecule has 0 amide bonds. The van der Waals surface area contributed by atoms with Gasteiger partial charge in [-0.3, -0.25) is 0 Å². The Morgan fingerprint density at radius 3 is 2.50 bits per heavy atom. The van der Waals surface area contributed by atoms with Crippen LogP contribution in [0.15, 0.2) is 0 Å². The fourth-order valence-electron chi connectivity index (χ4n) is 6.20. The Kier molecular flexibility index (Phi) is 3.38. The minimum Gasteiger partial charge on any atom is -0.372 e. The first-order valence-electron chi connectivity index (χ1n) is 9.12. The second-order valence-corrected chi connectivity index (χ2v) is 8.37. The van der Waals surface area contributed by atoms with E-state index in [2.05, 4.69) is 0 Å². The first-order valence-corrected chi connectivity index (χ1v) is 9.12. The topological polar surface area (TPSA) is 35.2 Å². The van der Waals surface area contributed by atoms with Crippen LogP contribution in [0.4, 0.5) is 0 Å². The number of hydrogen-bond acceptors (Lipinski definition) is 2. The SMILES string of the molecule is NCC1(CC2CCC3(CCCCC3)O2)CC2CCC1C2. The third-order valence-corrected chi connectivity index (χ3v) is 7.25. The molecule has 20 heavy (non-hydrogen) atoms. The van der Waals surface area contributed by atoms with Crippen molar-refractivity contribution in [1.82, 2.24) is 0 Å². The Labute approximate surface area is 123 Å². The highest BCUT2D eigenvalue weighted by molar-refractivity contribution is 5.03. The maximum absolute atomic E-state index is 6.63. The van der Waals surface area contributed by atoms with Crippen molar-refractivity contribution in [3.8, 4) is 0 Å². The molecule has 0 aromatic carbocycles. The second kappa shape index (κ2) is 4.98. The first kappa shape index (κ1) is 13.6. The summed E-state index contributed by atoms with van der Waals surface area (Å²) in [4.78, 5) is 0. The van der Waals surface area contributed by atoms with Gasteiger partial charge < -0.3 is 10.5 Å². The number of fused-ring (bicyclic) bond motifs is 2. The maximum Gasteiger partial charge on any atom is 0.0687 e. The molecule has 2 N–H and O–H groups in total. The molecule has 1 spiro atoms. The molecule has 0 aromatic rings. The van der Waals surface area contributed by atoms with Gasteiger partial charge in [0.15, 0.2) is 0 Å². The van der Waals surface area contributed by atoms with E-state index in [1.54, 1.807) is 0 Å². The van der Waals surface area contributed by atoms with Crippen LogP contribution in [0.3, 0.4) is 0 Å². The lowest BCUT2D eigenvalue weighted by Crippen LogP contribution is -2.40. The van der Waals surface area contributed by atoms with E-state index in [4.69, 9.17) is 10.5 Å². The van der Waals surface area contributed by atoms with E-state index in [-0.39, 0.29) is 5.60 Å². The summed E-state index contributed by atoms with van der Waals surface area (Å²) in [5, 5.41) is 0. The normalized spacial score (nSPS) is 46.4. The Hall–Kier alpha value is -0.0800. The lowest BCUT2D eigenvalue weighted by Gasteiger charge is -2.40. The molecular weight excluding hydrogens is 246 g/mol. The highest BCUT2D eigenvalue weighted by Crippen LogP contribution is 2.58. The van der Waals surface area contributed by atoms with Crippen molar-refractivity contribution in [2.75, 3.05) is 6.54 Å². The monoisotopic (exact) mass is 277 g/mol. The predicted octanol–water partition coefficient (Wildman–Crippen LogP) is 4.02. The van der Waals surface area contributed by atoms with Gasteiger partial charge in [-0.1, -0.05) is 25.7 Å². The van der Waals surface area contributed by atoms with Crippen molar-refractivity contribution in [2.24, 2.45) is 23.0 Å². The van der Waals surface area contributed by atoms with E-state index in [0.29, 0.717) is 11.5 Å². The molecule has 2 bridgehead atoms. The molecule has 1 aliphatic heterocycles. The minimum atomic E-state index is 0.288. The van der Waals surface area contributed by atoms with Crippen molar-refractivity contribution in [3.05, 3.63) is 0 Å². The molecule has 114 valence electrons. The molecule has 0 radical (unpaired) electrons. The summed E-state index contributed by atoms with van der Waals surface area (Å²) in [5.41, 5.74) is 6.99. The Bertz CT molecular complexity index is 362. The second-order valence-electron chi connectivity index (χ2n) is 8.37. The van der Waals surface area contributed by atoms with Gasteiger partial charge in [-0.2, -0.15) is 0 Å². The lowest BCUT2D eigenvalue weighted by molar-refractivity contribution is -0.0811. The van der Waals surface area contributed by atoms with Crippen LogP contribution in [0.1, 0.15) is 77.0 Å². The molecule has 2 heteroatoms. The van der Waals surface area contributed by atoms with Gasteiger partial charge in [-0.05, 0) is 75.2 Å². The summed E-state index contributed by atoms with van der Waals surface area (Å²) in [6.45, 7) is 0.904. The molecule has 4 rings (SSSR count). The minimum absolute atomic E-state index is 0.288. The standard InChI is InChI=1S/C18H31NO/c19-13-17(11-14-4-5-15(17)10-14)12-16-6-9-18(20-16)7-2-1-3-8-18/h14-16H,1-13,19H2. The summed E-state index contributed by atoms with van der Waals surface area (Å²) in [6, 6.07) is 0. The smallest absolute Gasteiger partial charge is 0.0687 e. The summed E-state index contributed by atoms with van der Waals surface area (Å²) in [6.07, 6.45) is 17.1. The van der Waals surface area contributed by atoms with Crippen LogP contribution in [-0.2, 0) is 4.74 Å². The predicted molar refractivity (Wildman–Crippen MR) is 81.5 cm³/mol. The average molecular weight is 277 g/mol. The Morgan fingerprint density at radius 1 is 1.00 bits per heavy atom. The van der Waals surface area contributed by atoms with Crippen molar-refractivity contribution >= 4 is 0 Å². The fourth-order valence-corrected chi connectivity index (χ4v) is 6.20. The highest BCUT2D eigenvalue weighted by Gasteiger charge is 2.52. The molecule has 4 aliphatic rings. The van der Waals surface area contributed by atoms with Crippen LogP contribution < -0.4 is 5.73 Å². The highest BCUT2D eigenvalue weighted by atomic mass is 16.5. The van der Waals surface area contributed by atoms with Crippen LogP contribution in [0, 0.1) is 17.3 Å². The average Bonchev–Trinajstić information content (AvgIpc) is 3.16. The van der Waals surface area contributed by atoms with Crippen LogP contribution >= 0.6 is 0 Å². The number of nitrogens with two attached hydrogens (primary N) is 1. The first-order chi connectivity index (χ1) is 9.74. The van der Waals surface area contributed by atoms with E-state index in [0.717, 1.165) is 18.4 Å². The van der Waals surface area contributed by atoms with E-state index in [1.165, 1.54) is 77.0 Å². The zero-order chi connectivity index (χ0) is 13.6. The van der Waals surface area contributed by atoms with Crippen molar-refractivity contribution in [3.63, 3.8) is 0 Å². The zero-order valence-electron chi connectivity index (χ0n) is 12.9. The molecule has 3 saturated carbocycles. The van der Waals surface area contributed by atoms with Gasteiger partial charge in [0.1, 0.15) is 0 Å². The zero-order valence-corrected chi connectivity index (χ0v) is 12.9. The van der Waals surface area contributed by atoms with Crippen LogP contribution in [-0.4, -0.2) is 18.2 Å². The van der Waals surface area contributed by atoms with Gasteiger partial charge in [0.05, 0.1) is 11.7 Å². The van der Waals surface area contributed by atoms with E-state index in [1.807, 2.05) is 0 Å². The summed E-state index contributed by atoms with van der Waals surface area (Å²) < 4.78 is 6.63. The van der Waals surface area contributed by atoms with E-state index in [9.17, 15) is 0 Å². The van der Waals surface area contributed by atoms with Crippen molar-refractivity contribution in [1.29, 1.82) is 0 Å². The molecule has 2 nitrogen and oxygen atoms in total. The number of hydrogen-bond donors (Lipinski definition) is 1. The van der Waals surface area contributed by atoms with Gasteiger partial charge in [-0.25, -0.2) is 0 Å². The van der Waals surface area contributed by atoms with Gasteiger partial charge in [0.25, 0.3) is 0 Å². The molecular formula is C18H31NO. The summed E-state index contributed by atoms with van der Waals surface area (Å²) >= 11 is 0. The quantitative estimate of drug-likeness (QED) is 0.845. The van der Waals surface area contributed by atoms with Gasteiger partial charge in [0.2, 0.25) is 0 Å². The molecule has 1 heterocycles. The van der Waals surface area contributed by atoms with Crippen LogP contribution in [0.2, 0.25) is 0 Å². The molecule has 3 aliphatic carbocycles. The largest absolute Gasteiger partial charge is 0.372 e. The van der Waals surface area contributed by atoms with Crippen LogP contribution in [0.25, 0.3) is 0 Å². The van der Waals surface area contributed by atoms with E-state index >= 15 is 0 Å². The maximum atomic E-state index is 6.63. The molecule has 0 aromatic heterocycles. The third kappa shape index (κ3) is 2.14. The Balaban J connectivity index is 1.42. The fraction of sp³-hybridized carbons (Fsp3) is 1.00. The number of ether oxygens (including phenoxy) is 1. The molecule has 4 atom stereocenters. The van der Waals surface area contributed by atoms with Gasteiger partial charge >= 0.3 is 0 Å². The molecule has 4 fully saturated rings. The van der Waals surface area contributed by atoms with Crippen molar-refractivity contribution < 1.29 is 4.74 Å². The van der Waals surface area contributed by atoms with Crippen LogP contribution in [0.5, 0.6) is 0 Å². The van der Waals surface area contributed by atoms with E-state index < -0.39 is 0 Å².